The number of nitrogens with two attached hydrogens (primary N) is 1. The Bertz CT molecular complexity index is 1060. The number of anilines is 1. The van der Waals surface area contributed by atoms with Gasteiger partial charge in [0.15, 0.2) is 0 Å². The van der Waals surface area contributed by atoms with Crippen LogP contribution in [0, 0.1) is 6.92 Å². The molecule has 0 saturated carbocycles. The molecule has 1 aromatic heterocycles. The van der Waals surface area contributed by atoms with Crippen LogP contribution in [0.3, 0.4) is 0 Å². The first-order valence-electron chi connectivity index (χ1n) is 6.75. The molecule has 2 aromatic carbocycles. The molecule has 0 fully saturated rings. The SMILES string of the molecule is COc1ccc(C)cc1S(=O)(=O)n1c(=O)[nH]c2cc(N)ccc21. The van der Waals surface area contributed by atoms with Crippen molar-refractivity contribution in [1.82, 2.24) is 8.96 Å². The van der Waals surface area contributed by atoms with E-state index < -0.39 is 15.7 Å². The summed E-state index contributed by atoms with van der Waals surface area (Å²) < 4.78 is 31.8. The molecule has 120 valence electrons. The Labute approximate surface area is 132 Å². The van der Waals surface area contributed by atoms with Crippen LogP contribution >= 0.6 is 0 Å². The number of H-pyrrole nitrogens is 1. The van der Waals surface area contributed by atoms with Crippen LogP contribution in [0.5, 0.6) is 5.75 Å². The van der Waals surface area contributed by atoms with Gasteiger partial charge < -0.3 is 15.5 Å². The number of rotatable bonds is 3. The van der Waals surface area contributed by atoms with E-state index in [9.17, 15) is 13.2 Å². The molecule has 0 saturated heterocycles. The summed E-state index contributed by atoms with van der Waals surface area (Å²) in [6.45, 7) is 1.76. The Kier molecular flexibility index (Phi) is 3.41. The molecule has 0 aliphatic heterocycles. The van der Waals surface area contributed by atoms with E-state index in [0.717, 1.165) is 9.54 Å². The van der Waals surface area contributed by atoms with Gasteiger partial charge in [0.1, 0.15) is 10.6 Å². The van der Waals surface area contributed by atoms with E-state index in [2.05, 4.69) is 4.98 Å². The second-order valence-electron chi connectivity index (χ2n) is 5.13. The Morgan fingerprint density at radius 1 is 1.17 bits per heavy atom. The van der Waals surface area contributed by atoms with E-state index in [1.165, 1.54) is 31.4 Å². The molecular formula is C15H15N3O4S. The third-order valence-electron chi connectivity index (χ3n) is 3.50. The molecular weight excluding hydrogens is 318 g/mol. The number of hydrogen-bond donors (Lipinski definition) is 2. The van der Waals surface area contributed by atoms with Crippen LogP contribution in [0.25, 0.3) is 11.0 Å². The molecule has 0 bridgehead atoms. The van der Waals surface area contributed by atoms with Crippen molar-refractivity contribution >= 4 is 26.7 Å². The van der Waals surface area contributed by atoms with Gasteiger partial charge >= 0.3 is 5.69 Å². The van der Waals surface area contributed by atoms with Gasteiger partial charge in [0.25, 0.3) is 10.0 Å². The van der Waals surface area contributed by atoms with Gasteiger partial charge in [-0.1, -0.05) is 6.07 Å². The zero-order chi connectivity index (χ0) is 16.8. The fraction of sp³-hybridized carbons (Fsp3) is 0.133. The van der Waals surface area contributed by atoms with E-state index in [0.29, 0.717) is 11.2 Å². The zero-order valence-electron chi connectivity index (χ0n) is 12.5. The lowest BCUT2D eigenvalue weighted by atomic mass is 10.2. The molecule has 1 heterocycles. The summed E-state index contributed by atoms with van der Waals surface area (Å²) in [5, 5.41) is 0. The fourth-order valence-corrected chi connectivity index (χ4v) is 4.05. The van der Waals surface area contributed by atoms with Crippen molar-refractivity contribution in [3.05, 3.63) is 52.4 Å². The van der Waals surface area contributed by atoms with Crippen LogP contribution < -0.4 is 16.2 Å². The Hall–Kier alpha value is -2.74. The largest absolute Gasteiger partial charge is 0.495 e. The van der Waals surface area contributed by atoms with E-state index in [4.69, 9.17) is 10.5 Å². The molecule has 3 rings (SSSR count). The Morgan fingerprint density at radius 2 is 1.91 bits per heavy atom. The summed E-state index contributed by atoms with van der Waals surface area (Å²) >= 11 is 0. The minimum atomic E-state index is -4.12. The van der Waals surface area contributed by atoms with Crippen LogP contribution in [0.4, 0.5) is 5.69 Å². The van der Waals surface area contributed by atoms with Crippen LogP contribution in [0.15, 0.2) is 46.1 Å². The van der Waals surface area contributed by atoms with Gasteiger partial charge in [-0.3, -0.25) is 0 Å². The Balaban J connectivity index is 2.36. The molecule has 0 atom stereocenters. The predicted octanol–water partition coefficient (Wildman–Crippen LogP) is 1.47. The fourth-order valence-electron chi connectivity index (χ4n) is 2.43. The maximum atomic E-state index is 13.0. The van der Waals surface area contributed by atoms with Gasteiger partial charge in [-0.05, 0) is 42.8 Å². The van der Waals surface area contributed by atoms with Crippen molar-refractivity contribution in [3.8, 4) is 5.75 Å². The average Bonchev–Trinajstić information content (AvgIpc) is 2.82. The number of ether oxygens (including phenoxy) is 1. The van der Waals surface area contributed by atoms with Crippen molar-refractivity contribution in [3.63, 3.8) is 0 Å². The van der Waals surface area contributed by atoms with Crippen LogP contribution in [-0.2, 0) is 10.0 Å². The highest BCUT2D eigenvalue weighted by atomic mass is 32.2. The number of nitrogens with one attached hydrogen (secondary N) is 1. The molecule has 3 aromatic rings. The van der Waals surface area contributed by atoms with Crippen molar-refractivity contribution in [2.75, 3.05) is 12.8 Å². The average molecular weight is 333 g/mol. The molecule has 7 nitrogen and oxygen atoms in total. The maximum Gasteiger partial charge on any atom is 0.340 e. The van der Waals surface area contributed by atoms with Crippen molar-refractivity contribution in [2.45, 2.75) is 11.8 Å². The summed E-state index contributed by atoms with van der Waals surface area (Å²) in [5.41, 5.74) is 6.66. The summed E-state index contributed by atoms with van der Waals surface area (Å²) in [6.07, 6.45) is 0. The Morgan fingerprint density at radius 3 is 2.61 bits per heavy atom. The third-order valence-corrected chi connectivity index (χ3v) is 5.22. The maximum absolute atomic E-state index is 13.0. The highest BCUT2D eigenvalue weighted by Gasteiger charge is 2.26. The number of methoxy groups -OCH3 is 1. The number of aryl methyl sites for hydroxylation is 1. The first-order chi connectivity index (χ1) is 10.8. The number of aromatic nitrogens is 2. The smallest absolute Gasteiger partial charge is 0.340 e. The van der Waals surface area contributed by atoms with Crippen molar-refractivity contribution in [1.29, 1.82) is 0 Å². The summed E-state index contributed by atoms with van der Waals surface area (Å²) in [7, 11) is -2.75. The van der Waals surface area contributed by atoms with Crippen LogP contribution in [0.1, 0.15) is 5.56 Å². The molecule has 8 heteroatoms. The van der Waals surface area contributed by atoms with Gasteiger partial charge in [0, 0.05) is 5.69 Å². The van der Waals surface area contributed by atoms with Crippen molar-refractivity contribution in [2.24, 2.45) is 0 Å². The van der Waals surface area contributed by atoms with Crippen molar-refractivity contribution < 1.29 is 13.2 Å². The number of nitrogens with zero attached hydrogens (tertiary/aromatic N) is 1. The summed E-state index contributed by atoms with van der Waals surface area (Å²) in [6, 6.07) is 9.29. The minimum Gasteiger partial charge on any atom is -0.495 e. The quantitative estimate of drug-likeness (QED) is 0.706. The first-order valence-corrected chi connectivity index (χ1v) is 8.19. The molecule has 0 aliphatic carbocycles. The van der Waals surface area contributed by atoms with Gasteiger partial charge in [0.2, 0.25) is 0 Å². The molecule has 3 N–H and O–H groups in total. The van der Waals surface area contributed by atoms with E-state index in [1.807, 2.05) is 0 Å². The second-order valence-corrected chi connectivity index (χ2v) is 6.89. The monoisotopic (exact) mass is 333 g/mol. The number of fused-ring (bicyclic) bond motifs is 1. The van der Waals surface area contributed by atoms with E-state index in [1.54, 1.807) is 19.1 Å². The molecule has 23 heavy (non-hydrogen) atoms. The number of imidazole rings is 1. The standard InChI is InChI=1S/C15H15N3O4S/c1-9-3-6-13(22-2)14(7-9)23(20,21)18-12-5-4-10(16)8-11(12)17-15(18)19/h3-8H,16H2,1-2H3,(H,17,19). The first kappa shape index (κ1) is 15.2. The number of hydrogen-bond acceptors (Lipinski definition) is 5. The van der Waals surface area contributed by atoms with Gasteiger partial charge in [-0.2, -0.15) is 3.97 Å². The topological polar surface area (TPSA) is 107 Å². The number of nitrogen functional groups attached to an aromatic ring is 1. The highest BCUT2D eigenvalue weighted by Crippen LogP contribution is 2.28. The third kappa shape index (κ3) is 2.36. The molecule has 0 radical (unpaired) electrons. The number of aromatic amines is 1. The normalized spacial score (nSPS) is 11.7. The lowest BCUT2D eigenvalue weighted by Crippen LogP contribution is -2.25. The summed E-state index contributed by atoms with van der Waals surface area (Å²) in [4.78, 5) is 14.6. The summed E-state index contributed by atoms with van der Waals surface area (Å²) in [5.74, 6) is 0.173. The molecule has 0 unspecified atom stereocenters. The van der Waals surface area contributed by atoms with Gasteiger partial charge in [-0.25, -0.2) is 13.2 Å². The minimum absolute atomic E-state index is 0.0696. The van der Waals surface area contributed by atoms with Gasteiger partial charge in [-0.15, -0.1) is 0 Å². The molecule has 0 spiro atoms. The number of benzene rings is 2. The zero-order valence-corrected chi connectivity index (χ0v) is 13.3. The lowest BCUT2D eigenvalue weighted by molar-refractivity contribution is 0.402. The van der Waals surface area contributed by atoms with Gasteiger partial charge in [0.05, 0.1) is 18.1 Å². The van der Waals surface area contributed by atoms with Crippen LogP contribution in [-0.4, -0.2) is 24.5 Å². The molecule has 0 aliphatic rings. The highest BCUT2D eigenvalue weighted by molar-refractivity contribution is 7.90. The van der Waals surface area contributed by atoms with E-state index in [-0.39, 0.29) is 16.2 Å². The molecule has 0 amide bonds. The second kappa shape index (κ2) is 5.17. The van der Waals surface area contributed by atoms with E-state index >= 15 is 0 Å². The van der Waals surface area contributed by atoms with Crippen LogP contribution in [0.2, 0.25) is 0 Å². The lowest BCUT2D eigenvalue weighted by Gasteiger charge is -2.11. The predicted molar refractivity (Wildman–Crippen MR) is 87.3 cm³/mol.